The monoisotopic (exact) mass is 380 g/mol. The van der Waals surface area contributed by atoms with Crippen LogP contribution in [0.25, 0.3) is 0 Å². The van der Waals surface area contributed by atoms with E-state index in [0.29, 0.717) is 26.3 Å². The van der Waals surface area contributed by atoms with Gasteiger partial charge in [-0.15, -0.1) is 0 Å². The first-order valence-corrected chi connectivity index (χ1v) is 8.78. The number of halogens is 3. The van der Waals surface area contributed by atoms with E-state index in [2.05, 4.69) is 10.4 Å². The number of hydrogen-bond acceptors (Lipinski definition) is 4. The summed E-state index contributed by atoms with van der Waals surface area (Å²) in [7, 11) is 0. The zero-order valence-corrected chi connectivity index (χ0v) is 14.4. The van der Waals surface area contributed by atoms with Gasteiger partial charge in [0.05, 0.1) is 19.3 Å². The number of amides is 1. The molecule has 0 radical (unpaired) electrons. The number of alkyl halides is 3. The van der Waals surface area contributed by atoms with Crippen LogP contribution in [-0.4, -0.2) is 53.1 Å². The molecule has 0 saturated carbocycles. The molecule has 9 heteroatoms. The molecule has 2 aromatic rings. The maximum atomic E-state index is 13.7. The van der Waals surface area contributed by atoms with Crippen molar-refractivity contribution in [2.45, 2.75) is 24.7 Å². The zero-order valence-electron chi connectivity index (χ0n) is 14.4. The predicted octanol–water partition coefficient (Wildman–Crippen LogP) is 3.02. The molecule has 27 heavy (non-hydrogen) atoms. The highest BCUT2D eigenvalue weighted by Crippen LogP contribution is 2.43. The minimum absolute atomic E-state index is 0.0161. The van der Waals surface area contributed by atoms with Crippen molar-refractivity contribution in [3.05, 3.63) is 47.7 Å². The van der Waals surface area contributed by atoms with Crippen LogP contribution in [-0.2, 0) is 4.74 Å². The Morgan fingerprint density at radius 2 is 1.89 bits per heavy atom. The molecule has 1 fully saturated rings. The highest BCUT2D eigenvalue weighted by Gasteiger charge is 2.47. The standard InChI is InChI=1S/C18H19F3N4O2/c19-18(20,21)15-10-13(12-4-2-1-3-5-12)22-16-11-14(23-25(15)16)17(26)24-6-8-27-9-7-24/h1-5,11,13,15,22H,6-10H2/t13-,15+/m1/s1. The van der Waals surface area contributed by atoms with E-state index in [0.717, 1.165) is 10.2 Å². The van der Waals surface area contributed by atoms with E-state index in [1.165, 1.54) is 6.07 Å². The Balaban J connectivity index is 1.66. The molecule has 2 aliphatic heterocycles. The van der Waals surface area contributed by atoms with E-state index in [4.69, 9.17) is 4.74 Å². The molecule has 1 aromatic carbocycles. The van der Waals surface area contributed by atoms with Gasteiger partial charge >= 0.3 is 6.18 Å². The first-order chi connectivity index (χ1) is 12.9. The van der Waals surface area contributed by atoms with Gasteiger partial charge in [0.1, 0.15) is 5.82 Å². The van der Waals surface area contributed by atoms with E-state index in [9.17, 15) is 18.0 Å². The number of carbonyl (C=O) groups excluding carboxylic acids is 1. The molecular formula is C18H19F3N4O2. The number of aromatic nitrogens is 2. The fourth-order valence-electron chi connectivity index (χ4n) is 3.51. The summed E-state index contributed by atoms with van der Waals surface area (Å²) in [5.41, 5.74) is 0.780. The summed E-state index contributed by atoms with van der Waals surface area (Å²) in [5, 5.41) is 7.10. The third kappa shape index (κ3) is 3.51. The number of ether oxygens (including phenoxy) is 1. The summed E-state index contributed by atoms with van der Waals surface area (Å²) in [5.74, 6) is -0.173. The van der Waals surface area contributed by atoms with Crippen molar-refractivity contribution in [2.75, 3.05) is 31.6 Å². The molecule has 0 spiro atoms. The van der Waals surface area contributed by atoms with Gasteiger partial charge in [-0.1, -0.05) is 30.3 Å². The third-order valence-electron chi connectivity index (χ3n) is 4.91. The lowest BCUT2D eigenvalue weighted by Gasteiger charge is -2.33. The van der Waals surface area contributed by atoms with Crippen LogP contribution >= 0.6 is 0 Å². The van der Waals surface area contributed by atoms with Gasteiger partial charge in [0.15, 0.2) is 11.7 Å². The summed E-state index contributed by atoms with van der Waals surface area (Å²) in [6.07, 6.45) is -4.65. The summed E-state index contributed by atoms with van der Waals surface area (Å²) in [6.45, 7) is 1.64. The van der Waals surface area contributed by atoms with Crippen molar-refractivity contribution in [1.29, 1.82) is 0 Å². The van der Waals surface area contributed by atoms with Crippen molar-refractivity contribution in [1.82, 2.24) is 14.7 Å². The maximum absolute atomic E-state index is 13.7. The molecule has 2 aliphatic rings. The summed E-state index contributed by atoms with van der Waals surface area (Å²) in [6, 6.07) is 8.09. The van der Waals surface area contributed by atoms with Gasteiger partial charge in [-0.25, -0.2) is 4.68 Å². The normalized spacial score (nSPS) is 22.9. The van der Waals surface area contributed by atoms with E-state index < -0.39 is 18.3 Å². The molecule has 1 amide bonds. The van der Waals surface area contributed by atoms with Crippen LogP contribution in [0.5, 0.6) is 0 Å². The number of benzene rings is 1. The minimum Gasteiger partial charge on any atom is -0.378 e. The Bertz CT molecular complexity index is 816. The molecule has 3 heterocycles. The highest BCUT2D eigenvalue weighted by molar-refractivity contribution is 5.93. The zero-order chi connectivity index (χ0) is 19.0. The Hall–Kier alpha value is -2.55. The summed E-state index contributed by atoms with van der Waals surface area (Å²) in [4.78, 5) is 14.2. The first-order valence-electron chi connectivity index (χ1n) is 8.78. The van der Waals surface area contributed by atoms with Crippen molar-refractivity contribution in [3.8, 4) is 0 Å². The lowest BCUT2D eigenvalue weighted by Crippen LogP contribution is -2.41. The van der Waals surface area contributed by atoms with Gasteiger partial charge in [-0.2, -0.15) is 18.3 Å². The Morgan fingerprint density at radius 1 is 1.19 bits per heavy atom. The Labute approximate surface area is 153 Å². The number of nitrogens with one attached hydrogen (secondary N) is 1. The average Bonchev–Trinajstić information content (AvgIpc) is 3.11. The average molecular weight is 380 g/mol. The van der Waals surface area contributed by atoms with Gasteiger partial charge in [-0.05, 0) is 5.56 Å². The third-order valence-corrected chi connectivity index (χ3v) is 4.91. The number of fused-ring (bicyclic) bond motifs is 1. The molecule has 1 N–H and O–H groups in total. The number of carbonyl (C=O) groups is 1. The fraction of sp³-hybridized carbons (Fsp3) is 0.444. The van der Waals surface area contributed by atoms with Crippen LogP contribution in [0.4, 0.5) is 19.0 Å². The number of morpholine rings is 1. The van der Waals surface area contributed by atoms with E-state index in [1.54, 1.807) is 29.2 Å². The molecule has 0 unspecified atom stereocenters. The lowest BCUT2D eigenvalue weighted by molar-refractivity contribution is -0.173. The van der Waals surface area contributed by atoms with E-state index in [-0.39, 0.29) is 23.8 Å². The second-order valence-electron chi connectivity index (χ2n) is 6.66. The van der Waals surface area contributed by atoms with Crippen molar-refractivity contribution >= 4 is 11.7 Å². The van der Waals surface area contributed by atoms with Crippen LogP contribution in [0, 0.1) is 0 Å². The first kappa shape index (κ1) is 17.8. The van der Waals surface area contributed by atoms with Gasteiger partial charge < -0.3 is 15.0 Å². The molecule has 2 atom stereocenters. The van der Waals surface area contributed by atoms with Crippen LogP contribution in [0.3, 0.4) is 0 Å². The number of hydrogen-bond donors (Lipinski definition) is 1. The van der Waals surface area contributed by atoms with Crippen LogP contribution in [0.1, 0.15) is 34.6 Å². The predicted molar refractivity (Wildman–Crippen MR) is 91.5 cm³/mol. The molecule has 0 aliphatic carbocycles. The smallest absolute Gasteiger partial charge is 0.378 e. The van der Waals surface area contributed by atoms with Gasteiger partial charge in [0.25, 0.3) is 5.91 Å². The van der Waals surface area contributed by atoms with E-state index >= 15 is 0 Å². The fourth-order valence-corrected chi connectivity index (χ4v) is 3.51. The molecule has 0 bridgehead atoms. The van der Waals surface area contributed by atoms with Crippen LogP contribution in [0.15, 0.2) is 36.4 Å². The van der Waals surface area contributed by atoms with Gasteiger partial charge in [0.2, 0.25) is 0 Å². The van der Waals surface area contributed by atoms with Crippen molar-refractivity contribution in [3.63, 3.8) is 0 Å². The largest absolute Gasteiger partial charge is 0.410 e. The van der Waals surface area contributed by atoms with Crippen LogP contribution < -0.4 is 5.32 Å². The molecular weight excluding hydrogens is 361 g/mol. The van der Waals surface area contributed by atoms with Gasteiger partial charge in [-0.3, -0.25) is 4.79 Å². The van der Waals surface area contributed by atoms with Gasteiger partial charge in [0, 0.05) is 25.6 Å². The minimum atomic E-state index is -4.46. The lowest BCUT2D eigenvalue weighted by atomic mass is 9.97. The quantitative estimate of drug-likeness (QED) is 0.870. The highest BCUT2D eigenvalue weighted by atomic mass is 19.4. The summed E-state index contributed by atoms with van der Waals surface area (Å²) >= 11 is 0. The molecule has 1 aromatic heterocycles. The second kappa shape index (κ2) is 6.88. The van der Waals surface area contributed by atoms with Crippen molar-refractivity contribution in [2.24, 2.45) is 0 Å². The summed E-state index contributed by atoms with van der Waals surface area (Å²) < 4.78 is 47.1. The maximum Gasteiger partial charge on any atom is 0.410 e. The number of rotatable bonds is 2. The Kier molecular flexibility index (Phi) is 4.55. The van der Waals surface area contributed by atoms with Crippen LogP contribution in [0.2, 0.25) is 0 Å². The SMILES string of the molecule is O=C(c1cc2n(n1)[C@H](C(F)(F)F)C[C@H](c1ccccc1)N2)N1CCOCC1. The molecule has 6 nitrogen and oxygen atoms in total. The molecule has 1 saturated heterocycles. The molecule has 144 valence electrons. The number of anilines is 1. The Morgan fingerprint density at radius 3 is 2.56 bits per heavy atom. The number of nitrogens with zero attached hydrogens (tertiary/aromatic N) is 3. The second-order valence-corrected chi connectivity index (χ2v) is 6.66. The topological polar surface area (TPSA) is 59.4 Å². The van der Waals surface area contributed by atoms with Crippen molar-refractivity contribution < 1.29 is 22.7 Å². The molecule has 4 rings (SSSR count). The van der Waals surface area contributed by atoms with E-state index in [1.807, 2.05) is 6.07 Å².